The molecule has 1 aliphatic heterocycles. The lowest BCUT2D eigenvalue weighted by Gasteiger charge is -2.27. The van der Waals surface area contributed by atoms with Crippen molar-refractivity contribution < 1.29 is 24.2 Å². The van der Waals surface area contributed by atoms with Gasteiger partial charge in [-0.25, -0.2) is 9.48 Å². The van der Waals surface area contributed by atoms with E-state index in [-0.39, 0.29) is 25.5 Å². The number of carbonyl (C=O) groups excluding carboxylic acids is 2. The van der Waals surface area contributed by atoms with E-state index in [1.807, 2.05) is 128 Å². The fourth-order valence-electron chi connectivity index (χ4n) is 6.62. The highest BCUT2D eigenvalue weighted by Gasteiger charge is 2.40. The third-order valence-corrected chi connectivity index (χ3v) is 8.93. The van der Waals surface area contributed by atoms with Crippen LogP contribution in [0.5, 0.6) is 0 Å². The van der Waals surface area contributed by atoms with Crippen LogP contribution in [0.4, 0.5) is 5.69 Å². The third kappa shape index (κ3) is 6.02. The average molecular weight is 669 g/mol. The first kappa shape index (κ1) is 32.4. The van der Waals surface area contributed by atoms with Crippen molar-refractivity contribution in [2.45, 2.75) is 45.8 Å². The van der Waals surface area contributed by atoms with Crippen LogP contribution in [0.2, 0.25) is 0 Å². The van der Waals surface area contributed by atoms with Gasteiger partial charge in [-0.3, -0.25) is 19.1 Å². The summed E-state index contributed by atoms with van der Waals surface area (Å²) in [6.07, 6.45) is 0.0688. The van der Waals surface area contributed by atoms with Gasteiger partial charge in [0.15, 0.2) is 17.7 Å². The maximum absolute atomic E-state index is 14.9. The highest BCUT2D eigenvalue weighted by atomic mass is 16.5. The molecule has 4 aromatic carbocycles. The Kier molecular flexibility index (Phi) is 8.48. The number of fused-ring (bicyclic) bond motifs is 4. The number of aromatic nitrogens is 5. The monoisotopic (exact) mass is 668 g/mol. The van der Waals surface area contributed by atoms with Gasteiger partial charge in [0.1, 0.15) is 19.1 Å². The third-order valence-electron chi connectivity index (χ3n) is 8.93. The number of rotatable bonds is 9. The summed E-state index contributed by atoms with van der Waals surface area (Å²) in [6.45, 7) is 5.31. The molecule has 0 saturated heterocycles. The standard InChI is InChI=1S/C39H36N6O5/c1-39(2,3)34(38(48)49)45-30-19-11-10-18-27(30)29(42-45)22-28-36-41-40-35(26-16-8-5-9-17-26)44(36)32-21-13-12-20-31(32)43(37(28)47)23-33(46)50-24-25-14-6-4-7-15-25/h4-21,28,34H,22-24H2,1-3H3,(H,48,49). The number of anilines is 1. The second-order valence-electron chi connectivity index (χ2n) is 13.4. The average Bonchev–Trinajstić information content (AvgIpc) is 3.68. The zero-order valence-electron chi connectivity index (χ0n) is 27.9. The zero-order chi connectivity index (χ0) is 35.0. The molecule has 1 N–H and O–H groups in total. The van der Waals surface area contributed by atoms with Crippen LogP contribution >= 0.6 is 0 Å². The second-order valence-corrected chi connectivity index (χ2v) is 13.4. The molecule has 50 heavy (non-hydrogen) atoms. The van der Waals surface area contributed by atoms with Crippen LogP contribution in [0.3, 0.4) is 0 Å². The lowest BCUT2D eigenvalue weighted by molar-refractivity contribution is -0.145. The largest absolute Gasteiger partial charge is 0.480 e. The Labute approximate surface area is 288 Å². The Bertz CT molecular complexity index is 2200. The first-order chi connectivity index (χ1) is 24.1. The summed E-state index contributed by atoms with van der Waals surface area (Å²) in [5.41, 5.74) is 3.27. The minimum atomic E-state index is -1.01. The maximum Gasteiger partial charge on any atom is 0.329 e. The van der Waals surface area contributed by atoms with Crippen LogP contribution in [-0.2, 0) is 32.1 Å². The summed E-state index contributed by atoms with van der Waals surface area (Å²) < 4.78 is 9.06. The Morgan fingerprint density at radius 1 is 0.840 bits per heavy atom. The zero-order valence-corrected chi connectivity index (χ0v) is 27.9. The molecule has 1 amide bonds. The smallest absolute Gasteiger partial charge is 0.329 e. The van der Waals surface area contributed by atoms with E-state index in [4.69, 9.17) is 9.84 Å². The Morgan fingerprint density at radius 2 is 1.48 bits per heavy atom. The van der Waals surface area contributed by atoms with Crippen molar-refractivity contribution >= 4 is 34.4 Å². The number of amides is 1. The maximum atomic E-state index is 14.9. The first-order valence-electron chi connectivity index (χ1n) is 16.4. The molecular formula is C39H36N6O5. The molecule has 0 radical (unpaired) electrons. The summed E-state index contributed by atoms with van der Waals surface area (Å²) in [5.74, 6) is -1.99. The molecule has 11 nitrogen and oxygen atoms in total. The van der Waals surface area contributed by atoms with Crippen LogP contribution in [0.15, 0.2) is 109 Å². The molecule has 0 bridgehead atoms. The Balaban J connectivity index is 1.36. The molecule has 2 atom stereocenters. The van der Waals surface area contributed by atoms with E-state index in [0.717, 1.165) is 16.5 Å². The van der Waals surface area contributed by atoms with Gasteiger partial charge in [0, 0.05) is 17.4 Å². The van der Waals surface area contributed by atoms with Gasteiger partial charge in [-0.2, -0.15) is 5.10 Å². The molecule has 11 heteroatoms. The summed E-state index contributed by atoms with van der Waals surface area (Å²) >= 11 is 0. The molecule has 252 valence electrons. The number of ether oxygens (including phenoxy) is 1. The molecule has 0 fully saturated rings. The van der Waals surface area contributed by atoms with E-state index in [1.54, 1.807) is 10.7 Å². The predicted octanol–water partition coefficient (Wildman–Crippen LogP) is 6.37. The number of hydrogen-bond donors (Lipinski definition) is 1. The molecule has 2 aromatic heterocycles. The van der Waals surface area contributed by atoms with E-state index in [0.29, 0.717) is 34.2 Å². The summed E-state index contributed by atoms with van der Waals surface area (Å²) in [7, 11) is 0. The summed E-state index contributed by atoms with van der Waals surface area (Å²) in [6, 6.07) is 32.7. The van der Waals surface area contributed by atoms with Crippen molar-refractivity contribution in [1.82, 2.24) is 24.5 Å². The lowest BCUT2D eigenvalue weighted by atomic mass is 9.87. The van der Waals surface area contributed by atoms with Gasteiger partial charge in [-0.15, -0.1) is 10.2 Å². The van der Waals surface area contributed by atoms with Crippen LogP contribution < -0.4 is 4.90 Å². The molecule has 6 aromatic rings. The Morgan fingerprint density at radius 3 is 2.18 bits per heavy atom. The fraction of sp³-hybridized carbons (Fsp3) is 0.231. The molecule has 3 heterocycles. The number of para-hydroxylation sites is 3. The van der Waals surface area contributed by atoms with Crippen molar-refractivity contribution in [2.24, 2.45) is 5.41 Å². The molecule has 0 spiro atoms. The summed E-state index contributed by atoms with van der Waals surface area (Å²) in [4.78, 5) is 42.4. The number of carboxylic acid groups (broad SMARTS) is 1. The molecule has 1 aliphatic rings. The highest BCUT2D eigenvalue weighted by Crippen LogP contribution is 2.40. The predicted molar refractivity (Wildman–Crippen MR) is 188 cm³/mol. The van der Waals surface area contributed by atoms with Crippen molar-refractivity contribution in [3.05, 3.63) is 126 Å². The molecular weight excluding hydrogens is 632 g/mol. The fourth-order valence-corrected chi connectivity index (χ4v) is 6.62. The SMILES string of the molecule is CC(C)(C)C(C(=O)O)n1nc(CC2C(=O)N(CC(=O)OCc3ccccc3)c3ccccc3-n3c(-c4ccccc4)nnc32)c2ccccc21. The summed E-state index contributed by atoms with van der Waals surface area (Å²) in [5, 5.41) is 25.1. The quantitative estimate of drug-likeness (QED) is 0.176. The van der Waals surface area contributed by atoms with E-state index in [2.05, 4.69) is 10.2 Å². The van der Waals surface area contributed by atoms with Crippen LogP contribution in [0.1, 0.15) is 49.8 Å². The number of carbonyl (C=O) groups is 3. The number of benzene rings is 4. The minimum absolute atomic E-state index is 0.0678. The van der Waals surface area contributed by atoms with Crippen LogP contribution in [0.25, 0.3) is 28.0 Å². The van der Waals surface area contributed by atoms with Gasteiger partial charge in [0.25, 0.3) is 0 Å². The van der Waals surface area contributed by atoms with Crippen molar-refractivity contribution in [3.8, 4) is 17.1 Å². The van der Waals surface area contributed by atoms with Crippen LogP contribution in [0, 0.1) is 5.41 Å². The Hall–Kier alpha value is -6.10. The van der Waals surface area contributed by atoms with Gasteiger partial charge in [0.05, 0.1) is 22.6 Å². The van der Waals surface area contributed by atoms with Gasteiger partial charge in [-0.05, 0) is 29.2 Å². The van der Waals surface area contributed by atoms with Gasteiger partial charge in [-0.1, -0.05) is 112 Å². The number of nitrogens with zero attached hydrogens (tertiary/aromatic N) is 6. The number of carboxylic acids is 1. The topological polar surface area (TPSA) is 132 Å². The molecule has 2 unspecified atom stereocenters. The number of aliphatic carboxylic acids is 1. The second kappa shape index (κ2) is 13.1. The molecule has 0 aliphatic carbocycles. The normalized spacial score (nSPS) is 14.9. The van der Waals surface area contributed by atoms with E-state index in [9.17, 15) is 19.5 Å². The van der Waals surface area contributed by atoms with E-state index < -0.39 is 29.3 Å². The number of hydrogen-bond acceptors (Lipinski definition) is 7. The van der Waals surface area contributed by atoms with Gasteiger partial charge < -0.3 is 9.84 Å². The first-order valence-corrected chi connectivity index (χ1v) is 16.4. The molecule has 0 saturated carbocycles. The highest BCUT2D eigenvalue weighted by molar-refractivity contribution is 6.04. The van der Waals surface area contributed by atoms with Crippen molar-refractivity contribution in [3.63, 3.8) is 0 Å². The van der Waals surface area contributed by atoms with Gasteiger partial charge >= 0.3 is 11.9 Å². The van der Waals surface area contributed by atoms with Crippen LogP contribution in [-0.4, -0.2) is 54.0 Å². The minimum Gasteiger partial charge on any atom is -0.480 e. The lowest BCUT2D eigenvalue weighted by Crippen LogP contribution is -2.40. The van der Waals surface area contributed by atoms with Crippen molar-refractivity contribution in [2.75, 3.05) is 11.4 Å². The number of esters is 1. The van der Waals surface area contributed by atoms with E-state index >= 15 is 0 Å². The molecule has 7 rings (SSSR count). The van der Waals surface area contributed by atoms with Crippen molar-refractivity contribution in [1.29, 1.82) is 0 Å². The van der Waals surface area contributed by atoms with Gasteiger partial charge in [0.2, 0.25) is 5.91 Å². The van der Waals surface area contributed by atoms with E-state index in [1.165, 1.54) is 4.90 Å².